The average Bonchev–Trinajstić information content (AvgIpc) is 2.69. The minimum Gasteiger partial charge on any atom is -0.299 e. The van der Waals surface area contributed by atoms with Crippen LogP contribution in [-0.2, 0) is 0 Å². The molecule has 3 rings (SSSR count). The topological polar surface area (TPSA) is 17.3 Å². The van der Waals surface area contributed by atoms with Crippen LogP contribution < -0.4 is 0 Å². The Morgan fingerprint density at radius 3 is 2.50 bits per heavy atom. The molecule has 0 saturated heterocycles. The van der Waals surface area contributed by atoms with Crippen molar-refractivity contribution in [1.82, 2.24) is 9.38 Å². The quantitative estimate of drug-likeness (QED) is 0.626. The van der Waals surface area contributed by atoms with E-state index in [9.17, 15) is 0 Å². The van der Waals surface area contributed by atoms with E-state index in [1.165, 1.54) is 0 Å². The second-order valence-electron chi connectivity index (χ2n) is 3.55. The maximum absolute atomic E-state index is 4.61. The smallest absolute Gasteiger partial charge is 0.145 e. The van der Waals surface area contributed by atoms with Crippen LogP contribution in [-0.4, -0.2) is 9.38 Å². The van der Waals surface area contributed by atoms with Crippen molar-refractivity contribution in [3.05, 3.63) is 58.4 Å². The van der Waals surface area contributed by atoms with Crippen LogP contribution in [0.4, 0.5) is 0 Å². The zero-order chi connectivity index (χ0) is 11.0. The highest BCUT2D eigenvalue weighted by molar-refractivity contribution is 14.1. The van der Waals surface area contributed by atoms with Gasteiger partial charge in [0.2, 0.25) is 0 Å². The van der Waals surface area contributed by atoms with E-state index >= 15 is 0 Å². The van der Waals surface area contributed by atoms with Gasteiger partial charge in [-0.05, 0) is 34.7 Å². The SMILES string of the molecule is Ic1nc(-c2ccccc2)n2ccccc12. The number of halogens is 1. The Morgan fingerprint density at radius 1 is 0.938 bits per heavy atom. The van der Waals surface area contributed by atoms with Crippen LogP contribution in [0.25, 0.3) is 16.9 Å². The molecule has 0 aliphatic rings. The van der Waals surface area contributed by atoms with Gasteiger partial charge in [-0.1, -0.05) is 36.4 Å². The summed E-state index contributed by atoms with van der Waals surface area (Å²) in [6, 6.07) is 16.4. The second-order valence-corrected chi connectivity index (χ2v) is 4.57. The van der Waals surface area contributed by atoms with Gasteiger partial charge in [-0.2, -0.15) is 0 Å². The number of benzene rings is 1. The van der Waals surface area contributed by atoms with Crippen LogP contribution in [0, 0.1) is 3.70 Å². The van der Waals surface area contributed by atoms with Crippen LogP contribution in [0.5, 0.6) is 0 Å². The minimum atomic E-state index is 1.00. The van der Waals surface area contributed by atoms with Crippen molar-refractivity contribution in [3.8, 4) is 11.4 Å². The summed E-state index contributed by atoms with van der Waals surface area (Å²) in [5.74, 6) is 1.00. The van der Waals surface area contributed by atoms with Crippen molar-refractivity contribution < 1.29 is 0 Å². The first-order valence-electron chi connectivity index (χ1n) is 5.04. The van der Waals surface area contributed by atoms with Gasteiger partial charge < -0.3 is 0 Å². The Labute approximate surface area is 107 Å². The van der Waals surface area contributed by atoms with Crippen LogP contribution in [0.3, 0.4) is 0 Å². The van der Waals surface area contributed by atoms with E-state index in [1.807, 2.05) is 36.5 Å². The van der Waals surface area contributed by atoms with Crippen molar-refractivity contribution in [2.75, 3.05) is 0 Å². The van der Waals surface area contributed by atoms with Gasteiger partial charge in [0.15, 0.2) is 0 Å². The molecule has 0 atom stereocenters. The molecule has 3 aromatic rings. The molecule has 0 bridgehead atoms. The summed E-state index contributed by atoms with van der Waals surface area (Å²) in [6.45, 7) is 0. The molecule has 3 heteroatoms. The number of fused-ring (bicyclic) bond motifs is 1. The third-order valence-corrected chi connectivity index (χ3v) is 3.33. The highest BCUT2D eigenvalue weighted by atomic mass is 127. The summed E-state index contributed by atoms with van der Waals surface area (Å²) < 4.78 is 3.16. The van der Waals surface area contributed by atoms with E-state index in [0.717, 1.165) is 20.6 Å². The zero-order valence-electron chi connectivity index (χ0n) is 8.47. The summed E-state index contributed by atoms with van der Waals surface area (Å²) in [6.07, 6.45) is 2.05. The van der Waals surface area contributed by atoms with Crippen molar-refractivity contribution in [3.63, 3.8) is 0 Å². The minimum absolute atomic E-state index is 1.00. The van der Waals surface area contributed by atoms with E-state index in [2.05, 4.69) is 50.2 Å². The second kappa shape index (κ2) is 3.90. The van der Waals surface area contributed by atoms with Crippen LogP contribution in [0.15, 0.2) is 54.7 Å². The molecule has 0 aliphatic heterocycles. The number of imidazole rings is 1. The molecule has 0 amide bonds. The maximum atomic E-state index is 4.61. The molecule has 0 aliphatic carbocycles. The molecular formula is C13H9IN2. The number of aromatic nitrogens is 2. The Kier molecular flexibility index (Phi) is 2.40. The van der Waals surface area contributed by atoms with Crippen LogP contribution >= 0.6 is 22.6 Å². The third kappa shape index (κ3) is 1.51. The monoisotopic (exact) mass is 320 g/mol. The van der Waals surface area contributed by atoms with Crippen molar-refractivity contribution >= 4 is 28.1 Å². The molecule has 2 nitrogen and oxygen atoms in total. The summed E-state index contributed by atoms with van der Waals surface area (Å²) in [4.78, 5) is 4.61. The first kappa shape index (κ1) is 9.84. The highest BCUT2D eigenvalue weighted by Gasteiger charge is 2.08. The normalized spacial score (nSPS) is 10.8. The number of hydrogen-bond donors (Lipinski definition) is 0. The summed E-state index contributed by atoms with van der Waals surface area (Å²) in [5, 5.41) is 0. The first-order chi connectivity index (χ1) is 7.86. The molecule has 0 N–H and O–H groups in total. The average molecular weight is 320 g/mol. The molecule has 0 saturated carbocycles. The van der Waals surface area contributed by atoms with Gasteiger partial charge in [0.05, 0.1) is 5.52 Å². The van der Waals surface area contributed by atoms with Crippen LogP contribution in [0.2, 0.25) is 0 Å². The standard InChI is InChI=1S/C13H9IN2/c14-12-11-8-4-5-9-16(11)13(15-12)10-6-2-1-3-7-10/h1-9H. The van der Waals surface area contributed by atoms with E-state index in [-0.39, 0.29) is 0 Å². The van der Waals surface area contributed by atoms with E-state index in [0.29, 0.717) is 0 Å². The summed E-state index contributed by atoms with van der Waals surface area (Å²) >= 11 is 2.27. The van der Waals surface area contributed by atoms with Gasteiger partial charge in [0.25, 0.3) is 0 Å². The number of nitrogens with zero attached hydrogens (tertiary/aromatic N) is 2. The van der Waals surface area contributed by atoms with Crippen molar-refractivity contribution in [1.29, 1.82) is 0 Å². The summed E-state index contributed by atoms with van der Waals surface area (Å²) in [5.41, 5.74) is 2.30. The lowest BCUT2D eigenvalue weighted by Gasteiger charge is -1.99. The third-order valence-electron chi connectivity index (χ3n) is 2.54. The maximum Gasteiger partial charge on any atom is 0.145 e. The first-order valence-corrected chi connectivity index (χ1v) is 6.12. The van der Waals surface area contributed by atoms with Gasteiger partial charge >= 0.3 is 0 Å². The fraction of sp³-hybridized carbons (Fsp3) is 0. The molecule has 0 spiro atoms. The van der Waals surface area contributed by atoms with Gasteiger partial charge in [-0.25, -0.2) is 4.98 Å². The van der Waals surface area contributed by atoms with Crippen LogP contribution in [0.1, 0.15) is 0 Å². The molecule has 16 heavy (non-hydrogen) atoms. The summed E-state index contributed by atoms with van der Waals surface area (Å²) in [7, 11) is 0. The predicted molar refractivity (Wildman–Crippen MR) is 73.3 cm³/mol. The fourth-order valence-electron chi connectivity index (χ4n) is 1.79. The molecule has 0 fully saturated rings. The Hall–Kier alpha value is -1.36. The lowest BCUT2D eigenvalue weighted by molar-refractivity contribution is 1.16. The van der Waals surface area contributed by atoms with Crippen molar-refractivity contribution in [2.45, 2.75) is 0 Å². The van der Waals surface area contributed by atoms with E-state index < -0.39 is 0 Å². The van der Waals surface area contributed by atoms with E-state index in [4.69, 9.17) is 0 Å². The largest absolute Gasteiger partial charge is 0.299 e. The molecule has 2 heterocycles. The van der Waals surface area contributed by atoms with Gasteiger partial charge in [-0.3, -0.25) is 4.40 Å². The highest BCUT2D eigenvalue weighted by Crippen LogP contribution is 2.23. The van der Waals surface area contributed by atoms with Gasteiger partial charge in [0.1, 0.15) is 9.53 Å². The Morgan fingerprint density at radius 2 is 1.69 bits per heavy atom. The fourth-order valence-corrected chi connectivity index (χ4v) is 2.46. The molecule has 0 radical (unpaired) electrons. The lowest BCUT2D eigenvalue weighted by Crippen LogP contribution is -1.87. The molecular weight excluding hydrogens is 311 g/mol. The molecule has 2 aromatic heterocycles. The predicted octanol–water partition coefficient (Wildman–Crippen LogP) is 3.61. The van der Waals surface area contributed by atoms with Crippen molar-refractivity contribution in [2.24, 2.45) is 0 Å². The van der Waals surface area contributed by atoms with Gasteiger partial charge in [0, 0.05) is 11.8 Å². The number of pyridine rings is 1. The lowest BCUT2D eigenvalue weighted by atomic mass is 10.2. The Balaban J connectivity index is 2.33. The molecule has 78 valence electrons. The zero-order valence-corrected chi connectivity index (χ0v) is 10.6. The Bertz CT molecular complexity index is 629. The number of rotatable bonds is 1. The van der Waals surface area contributed by atoms with Gasteiger partial charge in [-0.15, -0.1) is 0 Å². The number of hydrogen-bond acceptors (Lipinski definition) is 1. The molecule has 1 aromatic carbocycles. The van der Waals surface area contributed by atoms with E-state index in [1.54, 1.807) is 0 Å². The molecule has 0 unspecified atom stereocenters.